The lowest BCUT2D eigenvalue weighted by Gasteiger charge is -1.96. The highest BCUT2D eigenvalue weighted by atomic mass is 16.6. The molecule has 0 rings (SSSR count). The van der Waals surface area contributed by atoms with Gasteiger partial charge in [-0.3, -0.25) is 0 Å². The van der Waals surface area contributed by atoms with Crippen molar-refractivity contribution < 1.29 is 4.84 Å². The zero-order chi connectivity index (χ0) is 11.5. The number of oxime groups is 1. The van der Waals surface area contributed by atoms with E-state index in [4.69, 9.17) is 11.3 Å². The highest BCUT2D eigenvalue weighted by Gasteiger charge is 1.86. The van der Waals surface area contributed by atoms with Gasteiger partial charge in [-0.05, 0) is 39.7 Å². The van der Waals surface area contributed by atoms with Crippen LogP contribution in [-0.4, -0.2) is 12.8 Å². The zero-order valence-electron chi connectivity index (χ0n) is 9.79. The Hall–Kier alpha value is -1.49. The molecule has 0 radical (unpaired) electrons. The summed E-state index contributed by atoms with van der Waals surface area (Å²) in [5.74, 6) is 2.34. The van der Waals surface area contributed by atoms with E-state index in [-0.39, 0.29) is 6.61 Å². The molecule has 0 heterocycles. The van der Waals surface area contributed by atoms with Gasteiger partial charge in [0, 0.05) is 0 Å². The van der Waals surface area contributed by atoms with Gasteiger partial charge < -0.3 is 4.84 Å². The quantitative estimate of drug-likeness (QED) is 0.214. The van der Waals surface area contributed by atoms with E-state index in [1.54, 1.807) is 6.21 Å². The van der Waals surface area contributed by atoms with Crippen LogP contribution in [0.3, 0.4) is 0 Å². The molecule has 2 heteroatoms. The van der Waals surface area contributed by atoms with Crippen molar-refractivity contribution in [2.45, 2.75) is 33.6 Å². The van der Waals surface area contributed by atoms with Gasteiger partial charge in [0.15, 0.2) is 6.61 Å². The minimum absolute atomic E-state index is 0.223. The predicted octanol–water partition coefficient (Wildman–Crippen LogP) is 3.31. The summed E-state index contributed by atoms with van der Waals surface area (Å²) in [5.41, 5.74) is 2.63. The average molecular weight is 205 g/mol. The molecule has 0 aliphatic heterocycles. The highest BCUT2D eigenvalue weighted by Crippen LogP contribution is 2.05. The Morgan fingerprint density at radius 1 is 1.40 bits per heavy atom. The smallest absolute Gasteiger partial charge is 0.177 e. The predicted molar refractivity (Wildman–Crippen MR) is 65.7 cm³/mol. The van der Waals surface area contributed by atoms with E-state index in [0.29, 0.717) is 0 Å². The molecule has 0 unspecified atom stereocenters. The first-order valence-corrected chi connectivity index (χ1v) is 5.04. The summed E-state index contributed by atoms with van der Waals surface area (Å²) in [6.45, 7) is 6.51. The number of allylic oxidation sites excluding steroid dienone is 4. The van der Waals surface area contributed by atoms with Crippen LogP contribution >= 0.6 is 0 Å². The first kappa shape index (κ1) is 13.5. The van der Waals surface area contributed by atoms with Crippen LogP contribution in [0.25, 0.3) is 0 Å². The second-order valence-corrected chi connectivity index (χ2v) is 3.57. The summed E-state index contributed by atoms with van der Waals surface area (Å²) in [4.78, 5) is 4.75. The summed E-state index contributed by atoms with van der Waals surface area (Å²) >= 11 is 0. The molecule has 0 aromatic rings. The topological polar surface area (TPSA) is 21.6 Å². The number of hydrogen-bond acceptors (Lipinski definition) is 2. The zero-order valence-corrected chi connectivity index (χ0v) is 9.79. The molecule has 0 aromatic heterocycles. The van der Waals surface area contributed by atoms with Crippen LogP contribution < -0.4 is 0 Å². The summed E-state index contributed by atoms with van der Waals surface area (Å²) in [6.07, 6.45) is 12.9. The van der Waals surface area contributed by atoms with E-state index in [1.807, 2.05) is 6.08 Å². The third-order valence-electron chi connectivity index (χ3n) is 1.73. The lowest BCUT2D eigenvalue weighted by Crippen LogP contribution is -1.82. The van der Waals surface area contributed by atoms with Crippen LogP contribution in [0.15, 0.2) is 28.5 Å². The van der Waals surface area contributed by atoms with Gasteiger partial charge in [-0.15, -0.1) is 6.42 Å². The summed E-state index contributed by atoms with van der Waals surface area (Å²) in [7, 11) is 0. The number of hydrogen-bond donors (Lipinski definition) is 0. The third kappa shape index (κ3) is 10.4. The standard InChI is InChI=1S/C13H19NO/c1-5-11-15-14-10-9-13(4)8-6-7-12(2)3/h1,7,9-10H,6,8,11H2,2-4H3/b13-9+,14-10+. The molecule has 0 saturated carbocycles. The van der Waals surface area contributed by atoms with Crippen LogP contribution in [0.1, 0.15) is 33.6 Å². The van der Waals surface area contributed by atoms with E-state index in [1.165, 1.54) is 11.1 Å². The molecule has 0 aromatic carbocycles. The maximum atomic E-state index is 4.99. The minimum Gasteiger partial charge on any atom is -0.383 e. The monoisotopic (exact) mass is 205 g/mol. The second kappa shape index (κ2) is 9.08. The molecule has 0 spiro atoms. The van der Waals surface area contributed by atoms with Crippen LogP contribution in [-0.2, 0) is 4.84 Å². The summed E-state index contributed by atoms with van der Waals surface area (Å²) in [6, 6.07) is 0. The van der Waals surface area contributed by atoms with Crippen molar-refractivity contribution in [1.82, 2.24) is 0 Å². The Morgan fingerprint density at radius 2 is 2.13 bits per heavy atom. The van der Waals surface area contributed by atoms with Gasteiger partial charge in [-0.1, -0.05) is 28.3 Å². The summed E-state index contributed by atoms with van der Waals surface area (Å²) in [5, 5.41) is 3.68. The van der Waals surface area contributed by atoms with Crippen LogP contribution in [0.4, 0.5) is 0 Å². The fourth-order valence-corrected chi connectivity index (χ4v) is 0.947. The summed E-state index contributed by atoms with van der Waals surface area (Å²) < 4.78 is 0. The maximum Gasteiger partial charge on any atom is 0.177 e. The molecule has 0 aliphatic carbocycles. The molecular weight excluding hydrogens is 186 g/mol. The second-order valence-electron chi connectivity index (χ2n) is 3.57. The Balaban J connectivity index is 3.75. The van der Waals surface area contributed by atoms with Crippen molar-refractivity contribution in [2.24, 2.45) is 5.16 Å². The molecule has 2 nitrogen and oxygen atoms in total. The minimum atomic E-state index is 0.223. The van der Waals surface area contributed by atoms with Crippen molar-refractivity contribution in [3.05, 3.63) is 23.3 Å². The molecule has 0 aliphatic rings. The van der Waals surface area contributed by atoms with Crippen molar-refractivity contribution in [3.8, 4) is 12.3 Å². The van der Waals surface area contributed by atoms with E-state index in [0.717, 1.165) is 12.8 Å². The molecule has 0 N–H and O–H groups in total. The van der Waals surface area contributed by atoms with E-state index < -0.39 is 0 Å². The highest BCUT2D eigenvalue weighted by molar-refractivity contribution is 5.71. The first-order valence-electron chi connectivity index (χ1n) is 5.04. The number of nitrogens with zero attached hydrogens (tertiary/aromatic N) is 1. The Kier molecular flexibility index (Phi) is 8.18. The van der Waals surface area contributed by atoms with Gasteiger partial charge in [-0.2, -0.15) is 0 Å². The Bertz CT molecular complexity index is 288. The van der Waals surface area contributed by atoms with Crippen LogP contribution in [0.2, 0.25) is 0 Å². The van der Waals surface area contributed by atoms with Gasteiger partial charge >= 0.3 is 0 Å². The maximum absolute atomic E-state index is 4.99. The van der Waals surface area contributed by atoms with E-state index in [9.17, 15) is 0 Å². The molecule has 0 amide bonds. The molecule has 0 bridgehead atoms. The van der Waals surface area contributed by atoms with Crippen LogP contribution in [0, 0.1) is 12.3 Å². The average Bonchev–Trinajstić information content (AvgIpc) is 2.17. The number of terminal acetylenes is 1. The molecule has 0 atom stereocenters. The van der Waals surface area contributed by atoms with Gasteiger partial charge in [0.2, 0.25) is 0 Å². The van der Waals surface area contributed by atoms with Crippen molar-refractivity contribution in [3.63, 3.8) is 0 Å². The van der Waals surface area contributed by atoms with E-state index in [2.05, 4.69) is 37.9 Å². The van der Waals surface area contributed by atoms with Gasteiger partial charge in [0.05, 0.1) is 6.21 Å². The van der Waals surface area contributed by atoms with Crippen molar-refractivity contribution in [1.29, 1.82) is 0 Å². The largest absolute Gasteiger partial charge is 0.383 e. The SMILES string of the molecule is C#CCO/N=C/C=C(\C)CCC=C(C)C. The molecule has 82 valence electrons. The van der Waals surface area contributed by atoms with E-state index >= 15 is 0 Å². The lowest BCUT2D eigenvalue weighted by atomic mass is 10.1. The van der Waals surface area contributed by atoms with Crippen molar-refractivity contribution >= 4 is 6.21 Å². The van der Waals surface area contributed by atoms with Gasteiger partial charge in [0.1, 0.15) is 0 Å². The lowest BCUT2D eigenvalue weighted by molar-refractivity contribution is 0.182. The Labute approximate surface area is 92.7 Å². The fraction of sp³-hybridized carbons (Fsp3) is 0.462. The number of rotatable bonds is 6. The fourth-order valence-electron chi connectivity index (χ4n) is 0.947. The molecular formula is C13H19NO. The Morgan fingerprint density at radius 3 is 2.73 bits per heavy atom. The molecule has 0 saturated heterocycles. The third-order valence-corrected chi connectivity index (χ3v) is 1.73. The normalized spacial score (nSPS) is 11.2. The molecule has 15 heavy (non-hydrogen) atoms. The molecule has 0 fully saturated rings. The van der Waals surface area contributed by atoms with Crippen LogP contribution in [0.5, 0.6) is 0 Å². The van der Waals surface area contributed by atoms with Gasteiger partial charge in [0.25, 0.3) is 0 Å². The van der Waals surface area contributed by atoms with Gasteiger partial charge in [-0.25, -0.2) is 0 Å². The first-order chi connectivity index (χ1) is 7.16. The van der Waals surface area contributed by atoms with Crippen molar-refractivity contribution in [2.75, 3.05) is 6.61 Å².